The lowest BCUT2D eigenvalue weighted by atomic mass is 9.94. The molecule has 7 nitrogen and oxygen atoms in total. The summed E-state index contributed by atoms with van der Waals surface area (Å²) in [6.07, 6.45) is 0.719. The van der Waals surface area contributed by atoms with Gasteiger partial charge < -0.3 is 14.6 Å². The highest BCUT2D eigenvalue weighted by Gasteiger charge is 2.48. The van der Waals surface area contributed by atoms with Crippen LogP contribution >= 0.6 is 11.3 Å². The molecule has 2 aliphatic rings. The van der Waals surface area contributed by atoms with Crippen molar-refractivity contribution in [3.63, 3.8) is 0 Å². The number of anilines is 1. The van der Waals surface area contributed by atoms with Crippen molar-refractivity contribution in [3.05, 3.63) is 119 Å². The molecular formula is C34H26N2O5S. The first-order valence-corrected chi connectivity index (χ1v) is 14.5. The van der Waals surface area contributed by atoms with Crippen molar-refractivity contribution in [3.8, 4) is 17.2 Å². The van der Waals surface area contributed by atoms with Gasteiger partial charge in [0.05, 0.1) is 21.8 Å². The van der Waals surface area contributed by atoms with E-state index in [9.17, 15) is 14.7 Å². The summed E-state index contributed by atoms with van der Waals surface area (Å²) >= 11 is 1.34. The van der Waals surface area contributed by atoms with E-state index in [1.807, 2.05) is 86.6 Å². The van der Waals surface area contributed by atoms with Crippen LogP contribution in [0.2, 0.25) is 0 Å². The smallest absolute Gasteiger partial charge is 0.301 e. The van der Waals surface area contributed by atoms with E-state index >= 15 is 0 Å². The lowest BCUT2D eigenvalue weighted by Gasteiger charge is -2.23. The number of benzene rings is 4. The second kappa shape index (κ2) is 10.2. The number of aromatic nitrogens is 1. The monoisotopic (exact) mass is 574 g/mol. The Hall–Kier alpha value is -4.95. The molecule has 0 saturated carbocycles. The number of para-hydroxylation sites is 1. The third-order valence-corrected chi connectivity index (χ3v) is 8.52. The zero-order chi connectivity index (χ0) is 29.0. The molecule has 0 bridgehead atoms. The highest BCUT2D eigenvalue weighted by atomic mass is 32.1. The molecule has 7 rings (SSSR count). The Morgan fingerprint density at radius 2 is 1.79 bits per heavy atom. The van der Waals surface area contributed by atoms with Crippen LogP contribution in [-0.2, 0) is 16.0 Å². The van der Waals surface area contributed by atoms with Gasteiger partial charge in [0.2, 0.25) is 0 Å². The number of Topliss-reactive ketones (excluding diaryl/α,β-unsaturated/α-hetero) is 1. The quantitative estimate of drug-likeness (QED) is 0.134. The Morgan fingerprint density at radius 1 is 0.976 bits per heavy atom. The molecule has 0 aliphatic carbocycles. The molecule has 3 heterocycles. The van der Waals surface area contributed by atoms with E-state index in [0.717, 1.165) is 27.1 Å². The van der Waals surface area contributed by atoms with Gasteiger partial charge in [-0.2, -0.15) is 0 Å². The summed E-state index contributed by atoms with van der Waals surface area (Å²) in [5.41, 5.74) is 3.80. The molecule has 208 valence electrons. The van der Waals surface area contributed by atoms with Crippen molar-refractivity contribution in [1.29, 1.82) is 0 Å². The number of ketones is 1. The molecule has 0 unspecified atom stereocenters. The Morgan fingerprint density at radius 3 is 2.62 bits per heavy atom. The van der Waals surface area contributed by atoms with Gasteiger partial charge in [0.15, 0.2) is 5.13 Å². The number of aliphatic hydroxyl groups is 1. The zero-order valence-electron chi connectivity index (χ0n) is 22.9. The lowest BCUT2D eigenvalue weighted by molar-refractivity contribution is -0.132. The number of amides is 1. The summed E-state index contributed by atoms with van der Waals surface area (Å²) in [5.74, 6) is 0.186. The molecule has 1 saturated heterocycles. The summed E-state index contributed by atoms with van der Waals surface area (Å²) in [6, 6.07) is 26.9. The minimum absolute atomic E-state index is 0.000730. The summed E-state index contributed by atoms with van der Waals surface area (Å²) in [5, 5.41) is 12.1. The minimum atomic E-state index is -0.922. The first kappa shape index (κ1) is 26.0. The van der Waals surface area contributed by atoms with Crippen molar-refractivity contribution >= 4 is 44.1 Å². The van der Waals surface area contributed by atoms with Crippen LogP contribution in [-0.4, -0.2) is 27.9 Å². The molecule has 5 aromatic rings. The zero-order valence-corrected chi connectivity index (χ0v) is 23.7. The van der Waals surface area contributed by atoms with Crippen molar-refractivity contribution in [2.45, 2.75) is 32.4 Å². The van der Waals surface area contributed by atoms with Gasteiger partial charge in [-0.1, -0.05) is 47.7 Å². The maximum Gasteiger partial charge on any atom is 0.301 e. The van der Waals surface area contributed by atoms with E-state index in [1.165, 1.54) is 16.2 Å². The van der Waals surface area contributed by atoms with Crippen molar-refractivity contribution < 1.29 is 24.2 Å². The molecule has 2 atom stereocenters. The average Bonchev–Trinajstić information content (AvgIpc) is 3.65. The van der Waals surface area contributed by atoms with E-state index in [0.29, 0.717) is 34.2 Å². The average molecular weight is 575 g/mol. The summed E-state index contributed by atoms with van der Waals surface area (Å²) < 4.78 is 12.8. The van der Waals surface area contributed by atoms with Crippen LogP contribution in [0.3, 0.4) is 0 Å². The number of rotatable bonds is 5. The largest absolute Gasteiger partial charge is 0.507 e. The van der Waals surface area contributed by atoms with Gasteiger partial charge in [-0.25, -0.2) is 4.98 Å². The van der Waals surface area contributed by atoms with Gasteiger partial charge in [0, 0.05) is 12.0 Å². The molecular weight excluding hydrogens is 548 g/mol. The normalized spacial score (nSPS) is 19.2. The second-order valence-electron chi connectivity index (χ2n) is 10.6. The highest BCUT2D eigenvalue weighted by Crippen LogP contribution is 2.45. The molecule has 2 aliphatic heterocycles. The first-order chi connectivity index (χ1) is 20.4. The SMILES string of the molecule is Cc1ccc2nc(N3C(=O)C(=O)C(=C(O)c4ccc5c(c4)C[C@@H](C)O5)[C@@H]3c3cccc(Oc4ccccc4)c3)sc2c1. The van der Waals surface area contributed by atoms with Crippen molar-refractivity contribution in [2.75, 3.05) is 4.90 Å². The number of nitrogens with zero attached hydrogens (tertiary/aromatic N) is 2. The van der Waals surface area contributed by atoms with Crippen LogP contribution in [0, 0.1) is 6.92 Å². The standard InChI is InChI=1S/C34H26N2O5S/c1-19-11-13-26-28(15-19)42-34(35-26)36-30(21-7-6-10-25(18-21)41-24-8-4-3-5-9-24)29(32(38)33(36)39)31(37)22-12-14-27-23(17-22)16-20(2)40-27/h3-15,17-18,20,30,37H,16H2,1-2H3/t20-,30+/m1/s1. The molecule has 1 fully saturated rings. The Balaban J connectivity index is 1.38. The molecule has 1 N–H and O–H groups in total. The fourth-order valence-corrected chi connectivity index (χ4v) is 6.66. The van der Waals surface area contributed by atoms with Crippen LogP contribution in [0.4, 0.5) is 5.13 Å². The third kappa shape index (κ3) is 4.50. The maximum absolute atomic E-state index is 13.7. The number of aryl methyl sites for hydroxylation is 1. The number of carbonyl (C=O) groups is 2. The molecule has 0 radical (unpaired) electrons. The number of carbonyl (C=O) groups excluding carboxylic acids is 2. The summed E-state index contributed by atoms with van der Waals surface area (Å²) in [4.78, 5) is 33.6. The van der Waals surface area contributed by atoms with Crippen LogP contribution in [0.25, 0.3) is 16.0 Å². The van der Waals surface area contributed by atoms with Crippen molar-refractivity contribution in [1.82, 2.24) is 4.98 Å². The predicted octanol–water partition coefficient (Wildman–Crippen LogP) is 7.35. The number of thiazole rings is 1. The minimum Gasteiger partial charge on any atom is -0.507 e. The van der Waals surface area contributed by atoms with E-state index in [4.69, 9.17) is 14.5 Å². The number of hydrogen-bond acceptors (Lipinski definition) is 7. The molecule has 42 heavy (non-hydrogen) atoms. The van der Waals surface area contributed by atoms with Gasteiger partial charge in [-0.3, -0.25) is 14.5 Å². The summed E-state index contributed by atoms with van der Waals surface area (Å²) in [6.45, 7) is 3.97. The van der Waals surface area contributed by atoms with Gasteiger partial charge >= 0.3 is 5.91 Å². The third-order valence-electron chi connectivity index (χ3n) is 7.51. The Bertz CT molecular complexity index is 1910. The number of hydrogen-bond donors (Lipinski definition) is 1. The number of fused-ring (bicyclic) bond motifs is 2. The van der Waals surface area contributed by atoms with Crippen LogP contribution in [0.5, 0.6) is 17.2 Å². The van der Waals surface area contributed by atoms with Gasteiger partial charge in [-0.05, 0) is 85.1 Å². The molecule has 1 aromatic heterocycles. The Labute approximate surface area is 246 Å². The van der Waals surface area contributed by atoms with Gasteiger partial charge in [-0.15, -0.1) is 0 Å². The molecule has 1 amide bonds. The van der Waals surface area contributed by atoms with E-state index in [1.54, 1.807) is 18.2 Å². The van der Waals surface area contributed by atoms with Gasteiger partial charge in [0.1, 0.15) is 29.1 Å². The highest BCUT2D eigenvalue weighted by molar-refractivity contribution is 7.22. The first-order valence-electron chi connectivity index (χ1n) is 13.7. The maximum atomic E-state index is 13.7. The second-order valence-corrected chi connectivity index (χ2v) is 11.6. The molecule has 4 aromatic carbocycles. The van der Waals surface area contributed by atoms with Crippen molar-refractivity contribution in [2.24, 2.45) is 0 Å². The lowest BCUT2D eigenvalue weighted by Crippen LogP contribution is -2.29. The number of aliphatic hydroxyl groups excluding tert-OH is 1. The van der Waals surface area contributed by atoms with E-state index in [2.05, 4.69) is 0 Å². The predicted molar refractivity (Wildman–Crippen MR) is 162 cm³/mol. The Kier molecular flexibility index (Phi) is 6.28. The van der Waals surface area contributed by atoms with Crippen LogP contribution in [0.1, 0.15) is 35.2 Å². The molecule has 0 spiro atoms. The van der Waals surface area contributed by atoms with Gasteiger partial charge in [0.25, 0.3) is 5.78 Å². The number of ether oxygens (including phenoxy) is 2. The fourth-order valence-electron chi connectivity index (χ4n) is 5.57. The van der Waals surface area contributed by atoms with E-state index in [-0.39, 0.29) is 17.4 Å². The van der Waals surface area contributed by atoms with Crippen LogP contribution < -0.4 is 14.4 Å². The van der Waals surface area contributed by atoms with E-state index < -0.39 is 17.7 Å². The fraction of sp³-hybridized carbons (Fsp3) is 0.147. The topological polar surface area (TPSA) is 89.0 Å². The molecule has 8 heteroatoms. The van der Waals surface area contributed by atoms with Crippen LogP contribution in [0.15, 0.2) is 96.6 Å². The summed E-state index contributed by atoms with van der Waals surface area (Å²) in [7, 11) is 0.